The van der Waals surface area contributed by atoms with Gasteiger partial charge in [-0.1, -0.05) is 41.3 Å². The fourth-order valence-electron chi connectivity index (χ4n) is 2.86. The van der Waals surface area contributed by atoms with Crippen LogP contribution in [0.2, 0.25) is 0 Å². The average molecular weight is 507 g/mol. The summed E-state index contributed by atoms with van der Waals surface area (Å²) in [7, 11) is -3.60. The normalized spacial score (nSPS) is 11.6. The number of carbonyl (C=O) groups is 1. The van der Waals surface area contributed by atoms with Gasteiger partial charge in [-0.15, -0.1) is 5.10 Å². The molecule has 0 bridgehead atoms. The Kier molecular flexibility index (Phi) is 7.58. The fourth-order valence-corrected chi connectivity index (χ4v) is 4.61. The van der Waals surface area contributed by atoms with Gasteiger partial charge in [0.05, 0.1) is 4.90 Å². The number of aromatic nitrogens is 2. The van der Waals surface area contributed by atoms with Gasteiger partial charge in [0.1, 0.15) is 0 Å². The van der Waals surface area contributed by atoms with E-state index in [1.807, 2.05) is 38.1 Å². The third-order valence-electron chi connectivity index (χ3n) is 4.60. The minimum absolute atomic E-state index is 0.0451. The second-order valence-electron chi connectivity index (χ2n) is 6.75. The molecular formula is C21H23BrN4O4S. The van der Waals surface area contributed by atoms with Gasteiger partial charge < -0.3 is 4.42 Å². The summed E-state index contributed by atoms with van der Waals surface area (Å²) in [4.78, 5) is 12.6. The summed E-state index contributed by atoms with van der Waals surface area (Å²) in [6.45, 7) is 4.68. The van der Waals surface area contributed by atoms with Crippen LogP contribution in [-0.2, 0) is 10.0 Å². The van der Waals surface area contributed by atoms with Crippen molar-refractivity contribution in [3.63, 3.8) is 0 Å². The lowest BCUT2D eigenvalue weighted by Gasteiger charge is -2.20. The van der Waals surface area contributed by atoms with E-state index in [1.54, 1.807) is 0 Å². The number of hydrogen-bond acceptors (Lipinski definition) is 6. The van der Waals surface area contributed by atoms with Gasteiger partial charge in [0.15, 0.2) is 0 Å². The van der Waals surface area contributed by atoms with E-state index in [9.17, 15) is 13.2 Å². The van der Waals surface area contributed by atoms with Crippen LogP contribution in [0.25, 0.3) is 11.5 Å². The quantitative estimate of drug-likeness (QED) is 0.455. The summed E-state index contributed by atoms with van der Waals surface area (Å²) in [5.74, 6) is -0.204. The molecule has 1 heterocycles. The molecule has 3 aromatic rings. The summed E-state index contributed by atoms with van der Waals surface area (Å²) in [6, 6.07) is 13.0. The minimum Gasteiger partial charge on any atom is -0.403 e. The van der Waals surface area contributed by atoms with Gasteiger partial charge in [-0.05, 0) is 55.0 Å². The maximum Gasteiger partial charge on any atom is 0.322 e. The van der Waals surface area contributed by atoms with Crippen molar-refractivity contribution in [3.8, 4) is 11.5 Å². The van der Waals surface area contributed by atoms with Crippen molar-refractivity contribution in [1.29, 1.82) is 0 Å². The number of unbranched alkanes of at least 4 members (excludes halogenated alkanes) is 1. The number of carbonyl (C=O) groups excluding carboxylic acids is 1. The molecule has 0 radical (unpaired) electrons. The molecule has 10 heteroatoms. The van der Waals surface area contributed by atoms with Crippen molar-refractivity contribution in [2.45, 2.75) is 31.6 Å². The van der Waals surface area contributed by atoms with Gasteiger partial charge >= 0.3 is 6.01 Å². The number of benzene rings is 2. The maximum atomic E-state index is 12.8. The van der Waals surface area contributed by atoms with Crippen molar-refractivity contribution in [2.75, 3.05) is 18.4 Å². The van der Waals surface area contributed by atoms with E-state index >= 15 is 0 Å². The van der Waals surface area contributed by atoms with Crippen LogP contribution in [0, 0.1) is 0 Å². The Labute approximate surface area is 189 Å². The Morgan fingerprint density at radius 2 is 1.74 bits per heavy atom. The highest BCUT2D eigenvalue weighted by Crippen LogP contribution is 2.22. The molecule has 0 aliphatic heterocycles. The van der Waals surface area contributed by atoms with E-state index in [-0.39, 0.29) is 22.4 Å². The zero-order valence-corrected chi connectivity index (χ0v) is 19.6. The van der Waals surface area contributed by atoms with E-state index in [4.69, 9.17) is 4.42 Å². The van der Waals surface area contributed by atoms with Gasteiger partial charge in [0.25, 0.3) is 5.91 Å². The van der Waals surface area contributed by atoms with Crippen molar-refractivity contribution in [2.24, 2.45) is 0 Å². The Hall–Kier alpha value is -2.56. The molecule has 0 saturated carbocycles. The van der Waals surface area contributed by atoms with Crippen LogP contribution in [0.15, 0.2) is 62.3 Å². The van der Waals surface area contributed by atoms with Crippen molar-refractivity contribution >= 4 is 37.9 Å². The molecule has 1 aromatic heterocycles. The molecule has 164 valence electrons. The van der Waals surface area contributed by atoms with Crippen LogP contribution >= 0.6 is 15.9 Å². The molecule has 31 heavy (non-hydrogen) atoms. The number of sulfonamides is 1. The Bertz CT molecular complexity index is 1130. The number of amides is 1. The highest BCUT2D eigenvalue weighted by molar-refractivity contribution is 9.10. The van der Waals surface area contributed by atoms with E-state index in [1.165, 1.54) is 28.6 Å². The molecule has 0 unspecified atom stereocenters. The molecule has 0 fully saturated rings. The van der Waals surface area contributed by atoms with Crippen LogP contribution in [0.1, 0.15) is 37.0 Å². The first-order valence-electron chi connectivity index (χ1n) is 9.86. The van der Waals surface area contributed by atoms with Crippen LogP contribution in [0.5, 0.6) is 0 Å². The SMILES string of the molecule is CCCCN(CC)S(=O)(=O)c1ccc(C(=O)Nc2nnc(-c3ccc(Br)cc3)o2)cc1. The van der Waals surface area contributed by atoms with Crippen LogP contribution in [-0.4, -0.2) is 41.9 Å². The molecule has 2 aromatic carbocycles. The lowest BCUT2D eigenvalue weighted by molar-refractivity contribution is 0.102. The third kappa shape index (κ3) is 5.57. The lowest BCUT2D eigenvalue weighted by Crippen LogP contribution is -2.31. The third-order valence-corrected chi connectivity index (χ3v) is 7.12. The van der Waals surface area contributed by atoms with Crippen LogP contribution in [0.3, 0.4) is 0 Å². The summed E-state index contributed by atoms with van der Waals surface area (Å²) in [5, 5.41) is 10.3. The Balaban J connectivity index is 1.70. The zero-order valence-electron chi connectivity index (χ0n) is 17.2. The molecule has 0 saturated heterocycles. The molecule has 0 atom stereocenters. The van der Waals surface area contributed by atoms with E-state index < -0.39 is 15.9 Å². The summed E-state index contributed by atoms with van der Waals surface area (Å²) >= 11 is 3.36. The van der Waals surface area contributed by atoms with Gasteiger partial charge in [0.2, 0.25) is 15.9 Å². The first kappa shape index (κ1) is 23.1. The highest BCUT2D eigenvalue weighted by atomic mass is 79.9. The molecule has 1 amide bonds. The first-order chi connectivity index (χ1) is 14.8. The fraction of sp³-hybridized carbons (Fsp3) is 0.286. The minimum atomic E-state index is -3.60. The van der Waals surface area contributed by atoms with E-state index in [0.29, 0.717) is 18.7 Å². The van der Waals surface area contributed by atoms with Crippen LogP contribution < -0.4 is 5.32 Å². The highest BCUT2D eigenvalue weighted by Gasteiger charge is 2.23. The van der Waals surface area contributed by atoms with Gasteiger partial charge in [0, 0.05) is 28.7 Å². The van der Waals surface area contributed by atoms with E-state index in [0.717, 1.165) is 17.3 Å². The lowest BCUT2D eigenvalue weighted by atomic mass is 10.2. The maximum absolute atomic E-state index is 12.8. The summed E-state index contributed by atoms with van der Waals surface area (Å²) in [5.41, 5.74) is 0.994. The number of anilines is 1. The smallest absolute Gasteiger partial charge is 0.322 e. The van der Waals surface area contributed by atoms with Crippen molar-refractivity contribution in [1.82, 2.24) is 14.5 Å². The van der Waals surface area contributed by atoms with Crippen molar-refractivity contribution < 1.29 is 17.6 Å². The second-order valence-corrected chi connectivity index (χ2v) is 9.60. The predicted octanol–water partition coefficient (Wildman–Crippen LogP) is 4.56. The number of rotatable bonds is 9. The van der Waals surface area contributed by atoms with Crippen LogP contribution in [0.4, 0.5) is 6.01 Å². The number of nitrogens with one attached hydrogen (secondary N) is 1. The zero-order chi connectivity index (χ0) is 22.4. The molecule has 0 spiro atoms. The molecule has 0 aliphatic carbocycles. The summed E-state index contributed by atoms with van der Waals surface area (Å²) in [6.07, 6.45) is 1.70. The topological polar surface area (TPSA) is 105 Å². The predicted molar refractivity (Wildman–Crippen MR) is 121 cm³/mol. The van der Waals surface area contributed by atoms with Gasteiger partial charge in [-0.2, -0.15) is 4.31 Å². The van der Waals surface area contributed by atoms with E-state index in [2.05, 4.69) is 31.4 Å². The second kappa shape index (κ2) is 10.2. The monoisotopic (exact) mass is 506 g/mol. The standard InChI is InChI=1S/C21H23BrN4O4S/c1-3-5-14-26(4-2)31(28,29)18-12-8-15(9-13-18)19(27)23-21-25-24-20(30-21)16-6-10-17(22)11-7-16/h6-13H,3-5,14H2,1-2H3,(H,23,25,27). The number of halogens is 1. The average Bonchev–Trinajstić information content (AvgIpc) is 3.23. The first-order valence-corrected chi connectivity index (χ1v) is 12.1. The van der Waals surface area contributed by atoms with Gasteiger partial charge in [-0.3, -0.25) is 10.1 Å². The Morgan fingerprint density at radius 1 is 1.06 bits per heavy atom. The molecule has 8 nitrogen and oxygen atoms in total. The largest absolute Gasteiger partial charge is 0.403 e. The van der Waals surface area contributed by atoms with Gasteiger partial charge in [-0.25, -0.2) is 8.42 Å². The number of nitrogens with zero attached hydrogens (tertiary/aromatic N) is 3. The van der Waals surface area contributed by atoms with Crippen molar-refractivity contribution in [3.05, 3.63) is 58.6 Å². The Morgan fingerprint density at radius 3 is 2.35 bits per heavy atom. The molecule has 1 N–H and O–H groups in total. The summed E-state index contributed by atoms with van der Waals surface area (Å²) < 4.78 is 33.4. The molecule has 0 aliphatic rings. The number of hydrogen-bond donors (Lipinski definition) is 1. The molecule has 3 rings (SSSR count). The molecular weight excluding hydrogens is 484 g/mol.